The SMILES string of the molecule is N#Cc1ccc(Oc2ccc3cccnc3c2)nc1. The Morgan fingerprint density at radius 3 is 2.79 bits per heavy atom. The molecule has 0 fully saturated rings. The largest absolute Gasteiger partial charge is 0.439 e. The van der Waals surface area contributed by atoms with Crippen LogP contribution in [0.25, 0.3) is 10.9 Å². The maximum Gasteiger partial charge on any atom is 0.219 e. The second-order valence-electron chi connectivity index (χ2n) is 3.96. The average molecular weight is 247 g/mol. The summed E-state index contributed by atoms with van der Waals surface area (Å²) < 4.78 is 5.63. The van der Waals surface area contributed by atoms with Crippen molar-refractivity contribution in [3.8, 4) is 17.7 Å². The zero-order chi connectivity index (χ0) is 13.1. The van der Waals surface area contributed by atoms with E-state index in [4.69, 9.17) is 10.00 Å². The van der Waals surface area contributed by atoms with Crippen LogP contribution in [-0.4, -0.2) is 9.97 Å². The van der Waals surface area contributed by atoms with Gasteiger partial charge in [-0.1, -0.05) is 6.07 Å². The molecule has 2 aromatic heterocycles. The molecular weight excluding hydrogens is 238 g/mol. The Labute approximate surface area is 109 Å². The summed E-state index contributed by atoms with van der Waals surface area (Å²) in [5.41, 5.74) is 1.38. The van der Waals surface area contributed by atoms with Crippen molar-refractivity contribution in [1.82, 2.24) is 9.97 Å². The van der Waals surface area contributed by atoms with Gasteiger partial charge in [0.25, 0.3) is 0 Å². The van der Waals surface area contributed by atoms with Crippen LogP contribution in [0.1, 0.15) is 5.56 Å². The third kappa shape index (κ3) is 2.35. The molecule has 0 amide bonds. The summed E-state index contributed by atoms with van der Waals surface area (Å²) in [7, 11) is 0. The quantitative estimate of drug-likeness (QED) is 0.697. The number of fused-ring (bicyclic) bond motifs is 1. The number of hydrogen-bond donors (Lipinski definition) is 0. The fourth-order valence-corrected chi connectivity index (χ4v) is 1.74. The second kappa shape index (κ2) is 4.75. The molecule has 0 saturated carbocycles. The van der Waals surface area contributed by atoms with E-state index in [0.717, 1.165) is 10.9 Å². The Hall–Kier alpha value is -2.93. The monoisotopic (exact) mass is 247 g/mol. The summed E-state index contributed by atoms with van der Waals surface area (Å²) in [6.45, 7) is 0. The molecule has 4 nitrogen and oxygen atoms in total. The van der Waals surface area contributed by atoms with E-state index < -0.39 is 0 Å². The molecule has 0 aliphatic carbocycles. The van der Waals surface area contributed by atoms with E-state index in [1.54, 1.807) is 18.3 Å². The van der Waals surface area contributed by atoms with Gasteiger partial charge < -0.3 is 4.74 Å². The second-order valence-corrected chi connectivity index (χ2v) is 3.96. The molecule has 0 bridgehead atoms. The molecule has 0 radical (unpaired) electrons. The van der Waals surface area contributed by atoms with E-state index in [9.17, 15) is 0 Å². The van der Waals surface area contributed by atoms with Gasteiger partial charge in [-0.15, -0.1) is 0 Å². The molecule has 0 N–H and O–H groups in total. The lowest BCUT2D eigenvalue weighted by molar-refractivity contribution is 0.463. The van der Waals surface area contributed by atoms with Crippen molar-refractivity contribution in [3.05, 3.63) is 60.4 Å². The number of ether oxygens (including phenoxy) is 1. The van der Waals surface area contributed by atoms with Gasteiger partial charge in [0.05, 0.1) is 11.1 Å². The number of hydrogen-bond acceptors (Lipinski definition) is 4. The van der Waals surface area contributed by atoms with Crippen LogP contribution in [0, 0.1) is 11.3 Å². The third-order valence-corrected chi connectivity index (χ3v) is 2.67. The van der Waals surface area contributed by atoms with E-state index in [1.165, 1.54) is 6.20 Å². The molecule has 1 aromatic carbocycles. The molecule has 3 aromatic rings. The molecule has 19 heavy (non-hydrogen) atoms. The average Bonchev–Trinajstić information content (AvgIpc) is 2.48. The van der Waals surface area contributed by atoms with E-state index >= 15 is 0 Å². The summed E-state index contributed by atoms with van der Waals surface area (Å²) in [5, 5.41) is 9.76. The Bertz CT molecular complexity index is 760. The van der Waals surface area contributed by atoms with Crippen molar-refractivity contribution in [2.45, 2.75) is 0 Å². The van der Waals surface area contributed by atoms with E-state index in [0.29, 0.717) is 17.2 Å². The number of rotatable bonds is 2. The fraction of sp³-hybridized carbons (Fsp3) is 0. The van der Waals surface area contributed by atoms with Crippen molar-refractivity contribution >= 4 is 10.9 Å². The van der Waals surface area contributed by atoms with Crippen LogP contribution in [0.2, 0.25) is 0 Å². The molecule has 0 aliphatic heterocycles. The normalized spacial score (nSPS) is 10.1. The first-order chi connectivity index (χ1) is 9.35. The van der Waals surface area contributed by atoms with E-state index in [2.05, 4.69) is 9.97 Å². The van der Waals surface area contributed by atoms with Gasteiger partial charge in [0.2, 0.25) is 5.88 Å². The maximum atomic E-state index is 8.70. The molecule has 2 heterocycles. The van der Waals surface area contributed by atoms with Crippen LogP contribution in [-0.2, 0) is 0 Å². The zero-order valence-corrected chi connectivity index (χ0v) is 9.95. The van der Waals surface area contributed by atoms with Crippen LogP contribution in [0.3, 0.4) is 0 Å². The smallest absolute Gasteiger partial charge is 0.219 e. The van der Waals surface area contributed by atoms with Gasteiger partial charge in [0.1, 0.15) is 11.8 Å². The summed E-state index contributed by atoms with van der Waals surface area (Å²) in [6.07, 6.45) is 3.22. The maximum absolute atomic E-state index is 8.70. The summed E-state index contributed by atoms with van der Waals surface area (Å²) in [4.78, 5) is 8.33. The van der Waals surface area contributed by atoms with Crippen molar-refractivity contribution < 1.29 is 4.74 Å². The van der Waals surface area contributed by atoms with Gasteiger partial charge >= 0.3 is 0 Å². The van der Waals surface area contributed by atoms with Crippen molar-refractivity contribution in [1.29, 1.82) is 5.26 Å². The number of aromatic nitrogens is 2. The van der Waals surface area contributed by atoms with Crippen molar-refractivity contribution in [3.63, 3.8) is 0 Å². The molecular formula is C15H9N3O. The molecule has 90 valence electrons. The molecule has 4 heteroatoms. The number of nitrogens with zero attached hydrogens (tertiary/aromatic N) is 3. The first-order valence-electron chi connectivity index (χ1n) is 5.74. The van der Waals surface area contributed by atoms with Crippen LogP contribution in [0.5, 0.6) is 11.6 Å². The van der Waals surface area contributed by atoms with E-state index in [1.807, 2.05) is 36.4 Å². The van der Waals surface area contributed by atoms with Crippen LogP contribution in [0.15, 0.2) is 54.9 Å². The molecule has 0 aliphatic rings. The number of nitriles is 1. The summed E-state index contributed by atoms with van der Waals surface area (Å²) in [5.74, 6) is 1.12. The molecule has 0 saturated heterocycles. The number of benzene rings is 1. The zero-order valence-electron chi connectivity index (χ0n) is 9.95. The lowest BCUT2D eigenvalue weighted by Crippen LogP contribution is -1.88. The standard InChI is InChI=1S/C15H9N3O/c16-9-11-3-6-15(18-10-11)19-13-5-4-12-2-1-7-17-14(12)8-13/h1-8,10H. The van der Waals surface area contributed by atoms with Crippen LogP contribution in [0.4, 0.5) is 0 Å². The van der Waals surface area contributed by atoms with Gasteiger partial charge in [-0.05, 0) is 24.3 Å². The summed E-state index contributed by atoms with van der Waals surface area (Å²) >= 11 is 0. The lowest BCUT2D eigenvalue weighted by atomic mass is 10.2. The predicted molar refractivity (Wildman–Crippen MR) is 70.8 cm³/mol. The number of pyridine rings is 2. The Balaban J connectivity index is 1.90. The van der Waals surface area contributed by atoms with Crippen LogP contribution < -0.4 is 4.74 Å². The topological polar surface area (TPSA) is 58.8 Å². The Kier molecular flexibility index (Phi) is 2.79. The molecule has 0 spiro atoms. The van der Waals surface area contributed by atoms with Crippen molar-refractivity contribution in [2.24, 2.45) is 0 Å². The Morgan fingerprint density at radius 2 is 2.00 bits per heavy atom. The van der Waals surface area contributed by atoms with E-state index in [-0.39, 0.29) is 0 Å². The first kappa shape index (κ1) is 11.2. The fourth-order valence-electron chi connectivity index (χ4n) is 1.74. The molecule has 3 rings (SSSR count). The predicted octanol–water partition coefficient (Wildman–Crippen LogP) is 3.29. The third-order valence-electron chi connectivity index (χ3n) is 2.67. The highest BCUT2D eigenvalue weighted by Crippen LogP contribution is 2.23. The van der Waals surface area contributed by atoms with Gasteiger partial charge in [-0.2, -0.15) is 5.26 Å². The van der Waals surface area contributed by atoms with Crippen molar-refractivity contribution in [2.75, 3.05) is 0 Å². The molecule has 0 atom stereocenters. The highest BCUT2D eigenvalue weighted by Gasteiger charge is 2.01. The van der Waals surface area contributed by atoms with Gasteiger partial charge in [-0.25, -0.2) is 4.98 Å². The van der Waals surface area contributed by atoms with Crippen LogP contribution >= 0.6 is 0 Å². The highest BCUT2D eigenvalue weighted by atomic mass is 16.5. The lowest BCUT2D eigenvalue weighted by Gasteiger charge is -2.05. The van der Waals surface area contributed by atoms with Gasteiger partial charge in [0, 0.05) is 29.9 Å². The first-order valence-corrected chi connectivity index (χ1v) is 5.74. The minimum absolute atomic E-state index is 0.453. The summed E-state index contributed by atoms with van der Waals surface area (Å²) in [6, 6.07) is 14.9. The van der Waals surface area contributed by atoms with Gasteiger partial charge in [-0.3, -0.25) is 4.98 Å². The molecule has 0 unspecified atom stereocenters. The Morgan fingerprint density at radius 1 is 1.05 bits per heavy atom. The minimum Gasteiger partial charge on any atom is -0.439 e. The highest BCUT2D eigenvalue weighted by molar-refractivity contribution is 5.79. The van der Waals surface area contributed by atoms with Gasteiger partial charge in [0.15, 0.2) is 0 Å². The minimum atomic E-state index is 0.453.